The highest BCUT2D eigenvalue weighted by atomic mass is 16.6. The fourth-order valence-corrected chi connectivity index (χ4v) is 2.96. The van der Waals surface area contributed by atoms with Gasteiger partial charge in [-0.25, -0.2) is 0 Å². The third kappa shape index (κ3) is 19.7. The second-order valence-corrected chi connectivity index (χ2v) is 8.72. The van der Waals surface area contributed by atoms with E-state index in [9.17, 15) is 14.7 Å². The van der Waals surface area contributed by atoms with E-state index < -0.39 is 11.7 Å². The number of ether oxygens (including phenoxy) is 2. The Hall–Kier alpha value is -1.10. The summed E-state index contributed by atoms with van der Waals surface area (Å²) < 4.78 is 10.5. The SMILES string of the molecule is CCCCCCCC(=O)OCCCCCCC[C@H](O)CCC(=O)OC(C)(C)C. The molecule has 0 aromatic rings. The molecule has 0 spiro atoms. The van der Waals surface area contributed by atoms with Gasteiger partial charge in [-0.15, -0.1) is 0 Å². The highest BCUT2D eigenvalue weighted by Crippen LogP contribution is 2.14. The highest BCUT2D eigenvalue weighted by Gasteiger charge is 2.17. The largest absolute Gasteiger partial charge is 0.466 e. The molecule has 166 valence electrons. The minimum Gasteiger partial charge on any atom is -0.466 e. The molecule has 0 heterocycles. The van der Waals surface area contributed by atoms with E-state index in [-0.39, 0.29) is 18.4 Å². The lowest BCUT2D eigenvalue weighted by molar-refractivity contribution is -0.155. The van der Waals surface area contributed by atoms with Crippen LogP contribution in [0.25, 0.3) is 0 Å². The van der Waals surface area contributed by atoms with Gasteiger partial charge in [0.05, 0.1) is 12.7 Å². The van der Waals surface area contributed by atoms with Gasteiger partial charge in [0.15, 0.2) is 0 Å². The lowest BCUT2D eigenvalue weighted by Crippen LogP contribution is -2.24. The summed E-state index contributed by atoms with van der Waals surface area (Å²) in [6.07, 6.45) is 12.3. The zero-order valence-electron chi connectivity index (χ0n) is 18.8. The van der Waals surface area contributed by atoms with Crippen LogP contribution in [0, 0.1) is 0 Å². The Labute approximate surface area is 172 Å². The number of rotatable bonds is 17. The third-order valence-corrected chi connectivity index (χ3v) is 4.53. The van der Waals surface area contributed by atoms with Crippen LogP contribution in [0.15, 0.2) is 0 Å². The van der Waals surface area contributed by atoms with Crippen LogP contribution in [0.5, 0.6) is 0 Å². The van der Waals surface area contributed by atoms with Crippen LogP contribution in [-0.2, 0) is 19.1 Å². The number of hydrogen-bond donors (Lipinski definition) is 1. The van der Waals surface area contributed by atoms with Crippen molar-refractivity contribution in [1.82, 2.24) is 0 Å². The molecule has 5 nitrogen and oxygen atoms in total. The van der Waals surface area contributed by atoms with Crippen molar-refractivity contribution in [3.05, 3.63) is 0 Å². The van der Waals surface area contributed by atoms with E-state index in [1.165, 1.54) is 19.3 Å². The Balaban J connectivity index is 3.42. The average Bonchev–Trinajstić information content (AvgIpc) is 2.60. The van der Waals surface area contributed by atoms with Crippen LogP contribution >= 0.6 is 0 Å². The summed E-state index contributed by atoms with van der Waals surface area (Å²) >= 11 is 0. The van der Waals surface area contributed by atoms with Crippen LogP contribution in [0.1, 0.15) is 118 Å². The first kappa shape index (κ1) is 26.9. The Morgan fingerprint density at radius 1 is 0.786 bits per heavy atom. The van der Waals surface area contributed by atoms with Crippen LogP contribution in [0.3, 0.4) is 0 Å². The summed E-state index contributed by atoms with van der Waals surface area (Å²) in [5.74, 6) is -0.313. The topological polar surface area (TPSA) is 72.8 Å². The van der Waals surface area contributed by atoms with Gasteiger partial charge in [0.25, 0.3) is 0 Å². The van der Waals surface area contributed by atoms with Gasteiger partial charge < -0.3 is 14.6 Å². The summed E-state index contributed by atoms with van der Waals surface area (Å²) in [6.45, 7) is 8.24. The van der Waals surface area contributed by atoms with E-state index in [1.807, 2.05) is 20.8 Å². The number of carbonyl (C=O) groups is 2. The summed E-state index contributed by atoms with van der Waals surface area (Å²) in [6, 6.07) is 0. The molecule has 0 bridgehead atoms. The number of carbonyl (C=O) groups excluding carboxylic acids is 2. The molecule has 0 fully saturated rings. The molecule has 0 aromatic heterocycles. The van der Waals surface area contributed by atoms with Gasteiger partial charge in [-0.2, -0.15) is 0 Å². The van der Waals surface area contributed by atoms with E-state index in [2.05, 4.69) is 6.92 Å². The molecule has 0 aliphatic rings. The molecule has 0 aliphatic heterocycles. The molecular formula is C23H44O5. The molecule has 1 N–H and O–H groups in total. The normalized spacial score (nSPS) is 12.6. The summed E-state index contributed by atoms with van der Waals surface area (Å²) in [4.78, 5) is 23.2. The Bertz CT molecular complexity index is 400. The van der Waals surface area contributed by atoms with Gasteiger partial charge >= 0.3 is 11.9 Å². The van der Waals surface area contributed by atoms with Gasteiger partial charge in [0.1, 0.15) is 5.60 Å². The maximum absolute atomic E-state index is 11.6. The maximum atomic E-state index is 11.6. The smallest absolute Gasteiger partial charge is 0.306 e. The standard InChI is InChI=1S/C23H44O5/c1-5-6-7-9-13-16-21(25)27-19-14-11-8-10-12-15-20(24)17-18-22(26)28-23(2,3)4/h20,24H,5-19H2,1-4H3/t20-/m0/s1. The van der Waals surface area contributed by atoms with E-state index in [0.717, 1.165) is 51.4 Å². The Morgan fingerprint density at radius 2 is 1.39 bits per heavy atom. The first-order chi connectivity index (χ1) is 13.2. The van der Waals surface area contributed by atoms with Crippen molar-refractivity contribution in [2.24, 2.45) is 0 Å². The van der Waals surface area contributed by atoms with Crippen LogP contribution in [0.4, 0.5) is 0 Å². The number of unbranched alkanes of at least 4 members (excludes halogenated alkanes) is 8. The maximum Gasteiger partial charge on any atom is 0.306 e. The zero-order valence-corrected chi connectivity index (χ0v) is 18.8. The van der Waals surface area contributed by atoms with Gasteiger partial charge in [0.2, 0.25) is 0 Å². The second-order valence-electron chi connectivity index (χ2n) is 8.72. The van der Waals surface area contributed by atoms with Crippen molar-refractivity contribution < 1.29 is 24.2 Å². The number of esters is 2. The lowest BCUT2D eigenvalue weighted by atomic mass is 10.0. The summed E-state index contributed by atoms with van der Waals surface area (Å²) in [7, 11) is 0. The fraction of sp³-hybridized carbons (Fsp3) is 0.913. The summed E-state index contributed by atoms with van der Waals surface area (Å²) in [5, 5.41) is 9.95. The molecule has 5 heteroatoms. The van der Waals surface area contributed by atoms with E-state index in [1.54, 1.807) is 0 Å². The second kappa shape index (κ2) is 16.8. The first-order valence-corrected chi connectivity index (χ1v) is 11.3. The third-order valence-electron chi connectivity index (χ3n) is 4.53. The minimum atomic E-state index is -0.467. The average molecular weight is 401 g/mol. The van der Waals surface area contributed by atoms with Gasteiger partial charge in [-0.3, -0.25) is 9.59 Å². The van der Waals surface area contributed by atoms with Crippen molar-refractivity contribution in [2.75, 3.05) is 6.61 Å². The van der Waals surface area contributed by atoms with Crippen molar-refractivity contribution in [3.63, 3.8) is 0 Å². The van der Waals surface area contributed by atoms with Crippen molar-refractivity contribution >= 4 is 11.9 Å². The molecule has 0 radical (unpaired) electrons. The van der Waals surface area contributed by atoms with E-state index >= 15 is 0 Å². The van der Waals surface area contributed by atoms with Crippen molar-refractivity contribution in [1.29, 1.82) is 0 Å². The van der Waals surface area contributed by atoms with Crippen LogP contribution < -0.4 is 0 Å². The predicted molar refractivity (Wildman–Crippen MR) is 113 cm³/mol. The fourth-order valence-electron chi connectivity index (χ4n) is 2.96. The quantitative estimate of drug-likeness (QED) is 0.250. The molecule has 0 rings (SSSR count). The molecule has 0 saturated heterocycles. The van der Waals surface area contributed by atoms with Crippen molar-refractivity contribution in [3.8, 4) is 0 Å². The molecule has 0 amide bonds. The molecule has 0 aliphatic carbocycles. The number of aliphatic hydroxyl groups is 1. The molecular weight excluding hydrogens is 356 g/mol. The van der Waals surface area contributed by atoms with Gasteiger partial charge in [-0.05, 0) is 46.5 Å². The van der Waals surface area contributed by atoms with Gasteiger partial charge in [-0.1, -0.05) is 58.3 Å². The highest BCUT2D eigenvalue weighted by molar-refractivity contribution is 5.69. The Kier molecular flexibility index (Phi) is 16.2. The summed E-state index contributed by atoms with van der Waals surface area (Å²) in [5.41, 5.74) is -0.467. The monoisotopic (exact) mass is 400 g/mol. The van der Waals surface area contributed by atoms with E-state index in [4.69, 9.17) is 9.47 Å². The predicted octanol–water partition coefficient (Wildman–Crippen LogP) is 5.71. The molecule has 1 atom stereocenters. The number of hydrogen-bond acceptors (Lipinski definition) is 5. The van der Waals surface area contributed by atoms with Crippen LogP contribution in [0.2, 0.25) is 0 Å². The van der Waals surface area contributed by atoms with Gasteiger partial charge in [0, 0.05) is 12.8 Å². The molecule has 0 aromatic carbocycles. The van der Waals surface area contributed by atoms with Crippen LogP contribution in [-0.4, -0.2) is 35.4 Å². The first-order valence-electron chi connectivity index (χ1n) is 11.3. The lowest BCUT2D eigenvalue weighted by Gasteiger charge is -2.20. The van der Waals surface area contributed by atoms with Crippen molar-refractivity contribution in [2.45, 2.75) is 129 Å². The molecule has 0 unspecified atom stereocenters. The zero-order chi connectivity index (χ0) is 21.3. The van der Waals surface area contributed by atoms with E-state index in [0.29, 0.717) is 19.4 Å². The molecule has 28 heavy (non-hydrogen) atoms. The minimum absolute atomic E-state index is 0.0652. The Morgan fingerprint density at radius 3 is 2.07 bits per heavy atom. The molecule has 0 saturated carbocycles. The number of aliphatic hydroxyl groups excluding tert-OH is 1.